The van der Waals surface area contributed by atoms with Crippen LogP contribution in [0, 0.1) is 12.8 Å². The average Bonchev–Trinajstić information content (AvgIpc) is 2.62. The number of thioether (sulfide) groups is 1. The molecule has 1 fully saturated rings. The molecule has 2 N–H and O–H groups in total. The van der Waals surface area contributed by atoms with Gasteiger partial charge < -0.3 is 10.6 Å². The molecule has 138 valence electrons. The second kappa shape index (κ2) is 11.2. The molecule has 2 rings (SSSR count). The summed E-state index contributed by atoms with van der Waals surface area (Å²) in [6, 6.07) is 7.70. The molecule has 0 radical (unpaired) electrons. The molecular formula is C20H30N2O2S. The van der Waals surface area contributed by atoms with Gasteiger partial charge >= 0.3 is 0 Å². The van der Waals surface area contributed by atoms with Crippen LogP contribution in [0.3, 0.4) is 0 Å². The lowest BCUT2D eigenvalue weighted by atomic mass is 9.86. The van der Waals surface area contributed by atoms with Crippen LogP contribution < -0.4 is 10.6 Å². The first-order valence-corrected chi connectivity index (χ1v) is 10.5. The number of hydrogen-bond acceptors (Lipinski definition) is 3. The van der Waals surface area contributed by atoms with E-state index in [9.17, 15) is 9.59 Å². The van der Waals surface area contributed by atoms with Crippen molar-refractivity contribution >= 4 is 29.3 Å². The van der Waals surface area contributed by atoms with E-state index in [0.717, 1.165) is 30.1 Å². The van der Waals surface area contributed by atoms with Gasteiger partial charge in [-0.05, 0) is 37.8 Å². The zero-order valence-corrected chi connectivity index (χ0v) is 16.0. The van der Waals surface area contributed by atoms with Crippen molar-refractivity contribution in [3.63, 3.8) is 0 Å². The number of carbonyl (C=O) groups excluding carboxylic acids is 2. The highest BCUT2D eigenvalue weighted by atomic mass is 32.2. The van der Waals surface area contributed by atoms with Gasteiger partial charge in [-0.25, -0.2) is 0 Å². The van der Waals surface area contributed by atoms with E-state index < -0.39 is 0 Å². The van der Waals surface area contributed by atoms with Crippen LogP contribution in [-0.4, -0.2) is 29.9 Å². The van der Waals surface area contributed by atoms with Crippen LogP contribution in [0.1, 0.15) is 50.5 Å². The molecule has 0 spiro atoms. The van der Waals surface area contributed by atoms with Gasteiger partial charge in [-0.15, -0.1) is 11.8 Å². The molecular weight excluding hydrogens is 332 g/mol. The van der Waals surface area contributed by atoms with Crippen molar-refractivity contribution in [2.75, 3.05) is 23.4 Å². The highest BCUT2D eigenvalue weighted by molar-refractivity contribution is 8.00. The summed E-state index contributed by atoms with van der Waals surface area (Å²) in [5.74, 6) is 1.45. The van der Waals surface area contributed by atoms with E-state index >= 15 is 0 Å². The number of rotatable bonds is 9. The van der Waals surface area contributed by atoms with Crippen molar-refractivity contribution in [3.8, 4) is 0 Å². The van der Waals surface area contributed by atoms with Crippen molar-refractivity contribution in [2.45, 2.75) is 51.9 Å². The third-order valence-corrected chi connectivity index (χ3v) is 5.57. The second-order valence-electron chi connectivity index (χ2n) is 6.90. The lowest BCUT2D eigenvalue weighted by Crippen LogP contribution is -2.27. The third-order valence-electron chi connectivity index (χ3n) is 4.64. The van der Waals surface area contributed by atoms with Crippen molar-refractivity contribution in [1.82, 2.24) is 5.32 Å². The predicted molar refractivity (Wildman–Crippen MR) is 106 cm³/mol. The standard InChI is InChI=1S/C20H30N2O2S/c1-16-9-11-18(12-10-16)22-20(24)15-25-14-19(23)21-13-5-8-17-6-3-2-4-7-17/h9-12,17H,2-8,13-15H2,1H3,(H,21,23)(H,22,24). The number of anilines is 1. The number of benzene rings is 1. The molecule has 0 atom stereocenters. The topological polar surface area (TPSA) is 58.2 Å². The summed E-state index contributed by atoms with van der Waals surface area (Å²) in [7, 11) is 0. The molecule has 0 aromatic heterocycles. The Morgan fingerprint density at radius 1 is 1.04 bits per heavy atom. The zero-order chi connectivity index (χ0) is 17.9. The maximum absolute atomic E-state index is 11.9. The van der Waals surface area contributed by atoms with Gasteiger partial charge in [-0.1, -0.05) is 49.8 Å². The molecule has 1 aromatic carbocycles. The molecule has 2 amide bonds. The van der Waals surface area contributed by atoms with Gasteiger partial charge in [0.1, 0.15) is 0 Å². The van der Waals surface area contributed by atoms with Gasteiger partial charge in [0.05, 0.1) is 11.5 Å². The fraction of sp³-hybridized carbons (Fsp3) is 0.600. The van der Waals surface area contributed by atoms with Gasteiger partial charge in [-0.2, -0.15) is 0 Å². The molecule has 4 nitrogen and oxygen atoms in total. The Morgan fingerprint density at radius 3 is 2.44 bits per heavy atom. The van der Waals surface area contributed by atoms with Crippen LogP contribution >= 0.6 is 11.8 Å². The van der Waals surface area contributed by atoms with E-state index in [0.29, 0.717) is 11.5 Å². The summed E-state index contributed by atoms with van der Waals surface area (Å²) in [6.45, 7) is 2.76. The fourth-order valence-corrected chi connectivity index (χ4v) is 3.86. The van der Waals surface area contributed by atoms with Gasteiger partial charge in [0, 0.05) is 12.2 Å². The molecule has 0 saturated heterocycles. The van der Waals surface area contributed by atoms with Crippen LogP contribution in [0.4, 0.5) is 5.69 Å². The molecule has 0 aliphatic heterocycles. The van der Waals surface area contributed by atoms with E-state index in [4.69, 9.17) is 0 Å². The Morgan fingerprint density at radius 2 is 1.72 bits per heavy atom. The van der Waals surface area contributed by atoms with Crippen LogP contribution in [0.2, 0.25) is 0 Å². The Hall–Kier alpha value is -1.49. The van der Waals surface area contributed by atoms with Crippen molar-refractivity contribution < 1.29 is 9.59 Å². The molecule has 0 heterocycles. The third kappa shape index (κ3) is 8.43. The molecule has 1 aliphatic rings. The van der Waals surface area contributed by atoms with Crippen LogP contribution in [0.15, 0.2) is 24.3 Å². The summed E-state index contributed by atoms with van der Waals surface area (Å²) >= 11 is 1.35. The van der Waals surface area contributed by atoms with Crippen LogP contribution in [-0.2, 0) is 9.59 Å². The van der Waals surface area contributed by atoms with E-state index in [1.807, 2.05) is 31.2 Å². The summed E-state index contributed by atoms with van der Waals surface area (Å²) in [5.41, 5.74) is 1.95. The van der Waals surface area contributed by atoms with Crippen molar-refractivity contribution in [1.29, 1.82) is 0 Å². The van der Waals surface area contributed by atoms with Gasteiger partial charge in [0.2, 0.25) is 11.8 Å². The van der Waals surface area contributed by atoms with Crippen LogP contribution in [0.25, 0.3) is 0 Å². The van der Waals surface area contributed by atoms with Gasteiger partial charge in [0.25, 0.3) is 0 Å². The zero-order valence-electron chi connectivity index (χ0n) is 15.2. The molecule has 1 saturated carbocycles. The summed E-state index contributed by atoms with van der Waals surface area (Å²) in [4.78, 5) is 23.7. The Kier molecular flexibility index (Phi) is 8.87. The number of aryl methyl sites for hydroxylation is 1. The Labute approximate surface area is 155 Å². The number of amides is 2. The normalized spacial score (nSPS) is 14.9. The second-order valence-corrected chi connectivity index (χ2v) is 7.89. The lowest BCUT2D eigenvalue weighted by Gasteiger charge is -2.21. The minimum Gasteiger partial charge on any atom is -0.355 e. The molecule has 0 unspecified atom stereocenters. The highest BCUT2D eigenvalue weighted by Crippen LogP contribution is 2.26. The number of nitrogens with one attached hydrogen (secondary N) is 2. The average molecular weight is 363 g/mol. The minimum atomic E-state index is -0.0704. The molecule has 1 aromatic rings. The summed E-state index contributed by atoms with van der Waals surface area (Å²) < 4.78 is 0. The van der Waals surface area contributed by atoms with E-state index in [1.54, 1.807) is 0 Å². The van der Waals surface area contributed by atoms with Gasteiger partial charge in [-0.3, -0.25) is 9.59 Å². The van der Waals surface area contributed by atoms with Crippen molar-refractivity contribution in [3.05, 3.63) is 29.8 Å². The summed E-state index contributed by atoms with van der Waals surface area (Å²) in [5, 5.41) is 5.80. The highest BCUT2D eigenvalue weighted by Gasteiger charge is 2.13. The first-order valence-electron chi connectivity index (χ1n) is 9.34. The number of carbonyl (C=O) groups is 2. The largest absolute Gasteiger partial charge is 0.355 e. The van der Waals surface area contributed by atoms with E-state index in [-0.39, 0.29) is 11.8 Å². The molecule has 0 bridgehead atoms. The maximum Gasteiger partial charge on any atom is 0.234 e. The molecule has 5 heteroatoms. The molecule has 1 aliphatic carbocycles. The molecule has 25 heavy (non-hydrogen) atoms. The van der Waals surface area contributed by atoms with Gasteiger partial charge in [0.15, 0.2) is 0 Å². The quantitative estimate of drug-likeness (QED) is 0.649. The minimum absolute atomic E-state index is 0.0248. The maximum atomic E-state index is 11.9. The van der Waals surface area contributed by atoms with Crippen molar-refractivity contribution in [2.24, 2.45) is 5.92 Å². The number of hydrogen-bond donors (Lipinski definition) is 2. The first-order chi connectivity index (χ1) is 12.1. The lowest BCUT2D eigenvalue weighted by molar-refractivity contribution is -0.118. The smallest absolute Gasteiger partial charge is 0.234 e. The Bertz CT molecular complexity index is 539. The van der Waals surface area contributed by atoms with E-state index in [1.165, 1.54) is 50.3 Å². The SMILES string of the molecule is Cc1ccc(NC(=O)CSCC(=O)NCCCC2CCCCC2)cc1. The monoisotopic (exact) mass is 362 g/mol. The first kappa shape index (κ1) is 19.8. The fourth-order valence-electron chi connectivity index (χ4n) is 3.22. The predicted octanol–water partition coefficient (Wildman–Crippen LogP) is 4.14. The van der Waals surface area contributed by atoms with Crippen LogP contribution in [0.5, 0.6) is 0 Å². The van der Waals surface area contributed by atoms with E-state index in [2.05, 4.69) is 10.6 Å². The Balaban J connectivity index is 1.49. The summed E-state index contributed by atoms with van der Waals surface area (Å²) in [6.07, 6.45) is 9.15.